The predicted octanol–water partition coefficient (Wildman–Crippen LogP) is 3.48. The first-order valence-corrected chi connectivity index (χ1v) is 6.68. The Labute approximate surface area is 105 Å². The summed E-state index contributed by atoms with van der Waals surface area (Å²) in [6.45, 7) is 7.63. The first-order chi connectivity index (χ1) is 8.31. The second-order valence-electron chi connectivity index (χ2n) is 4.11. The molecular weight excluding hydrogens is 216 g/mol. The standard InChI is InChI=1S/C14H26O3/c1-3-5-6-7-8-11-16-12-9-10-13-17-14(15)4-2/h4H,2-3,5-13H2,1H3. The van der Waals surface area contributed by atoms with E-state index in [0.717, 1.165) is 32.5 Å². The molecule has 17 heavy (non-hydrogen) atoms. The van der Waals surface area contributed by atoms with Crippen molar-refractivity contribution < 1.29 is 14.3 Å². The molecule has 0 saturated carbocycles. The second kappa shape index (κ2) is 13.2. The Hall–Kier alpha value is -0.830. The van der Waals surface area contributed by atoms with E-state index < -0.39 is 0 Å². The summed E-state index contributed by atoms with van der Waals surface area (Å²) in [6.07, 6.45) is 9.34. The Kier molecular flexibility index (Phi) is 12.6. The van der Waals surface area contributed by atoms with Crippen LogP contribution in [0, 0.1) is 0 Å². The van der Waals surface area contributed by atoms with Crippen molar-refractivity contribution in [1.29, 1.82) is 0 Å². The first kappa shape index (κ1) is 16.2. The van der Waals surface area contributed by atoms with Gasteiger partial charge < -0.3 is 9.47 Å². The summed E-state index contributed by atoms with van der Waals surface area (Å²) in [5, 5.41) is 0. The predicted molar refractivity (Wildman–Crippen MR) is 70.0 cm³/mol. The molecule has 0 unspecified atom stereocenters. The number of rotatable bonds is 12. The third-order valence-electron chi connectivity index (χ3n) is 2.49. The van der Waals surface area contributed by atoms with Crippen LogP contribution in [0.1, 0.15) is 51.9 Å². The molecule has 0 atom stereocenters. The summed E-state index contributed by atoms with van der Waals surface area (Å²) >= 11 is 0. The highest BCUT2D eigenvalue weighted by Crippen LogP contribution is 2.02. The lowest BCUT2D eigenvalue weighted by molar-refractivity contribution is -0.137. The monoisotopic (exact) mass is 242 g/mol. The van der Waals surface area contributed by atoms with Gasteiger partial charge in [-0.3, -0.25) is 0 Å². The van der Waals surface area contributed by atoms with E-state index >= 15 is 0 Å². The van der Waals surface area contributed by atoms with Gasteiger partial charge in [-0.1, -0.05) is 39.2 Å². The van der Waals surface area contributed by atoms with Gasteiger partial charge in [-0.25, -0.2) is 4.79 Å². The Morgan fingerprint density at radius 1 is 1.00 bits per heavy atom. The van der Waals surface area contributed by atoms with E-state index in [9.17, 15) is 4.79 Å². The van der Waals surface area contributed by atoms with Crippen LogP contribution in [0.25, 0.3) is 0 Å². The fourth-order valence-corrected chi connectivity index (χ4v) is 1.45. The third kappa shape index (κ3) is 13.1. The van der Waals surface area contributed by atoms with Gasteiger partial charge in [0.05, 0.1) is 6.61 Å². The molecule has 0 aromatic rings. The molecule has 100 valence electrons. The van der Waals surface area contributed by atoms with Crippen LogP contribution < -0.4 is 0 Å². The molecule has 0 fully saturated rings. The Balaban J connectivity index is 2.98. The summed E-state index contributed by atoms with van der Waals surface area (Å²) in [5.41, 5.74) is 0. The summed E-state index contributed by atoms with van der Waals surface area (Å²) in [7, 11) is 0. The minimum absolute atomic E-state index is 0.346. The number of hydrogen-bond donors (Lipinski definition) is 0. The van der Waals surface area contributed by atoms with Crippen molar-refractivity contribution in [3.05, 3.63) is 12.7 Å². The van der Waals surface area contributed by atoms with Crippen molar-refractivity contribution in [3.63, 3.8) is 0 Å². The fraction of sp³-hybridized carbons (Fsp3) is 0.786. The molecule has 0 rings (SSSR count). The van der Waals surface area contributed by atoms with E-state index in [2.05, 4.69) is 13.5 Å². The zero-order valence-electron chi connectivity index (χ0n) is 11.1. The molecule has 3 nitrogen and oxygen atoms in total. The second-order valence-corrected chi connectivity index (χ2v) is 4.11. The average Bonchev–Trinajstić information content (AvgIpc) is 2.35. The third-order valence-corrected chi connectivity index (χ3v) is 2.49. The number of unbranched alkanes of at least 4 members (excludes halogenated alkanes) is 5. The average molecular weight is 242 g/mol. The van der Waals surface area contributed by atoms with Gasteiger partial charge in [0.1, 0.15) is 0 Å². The Morgan fingerprint density at radius 3 is 2.24 bits per heavy atom. The van der Waals surface area contributed by atoms with Gasteiger partial charge in [0.25, 0.3) is 0 Å². The van der Waals surface area contributed by atoms with Crippen molar-refractivity contribution in [2.45, 2.75) is 51.9 Å². The minimum Gasteiger partial charge on any atom is -0.463 e. The highest BCUT2D eigenvalue weighted by molar-refractivity contribution is 5.81. The lowest BCUT2D eigenvalue weighted by Crippen LogP contribution is -2.03. The molecule has 0 aliphatic carbocycles. The van der Waals surface area contributed by atoms with Crippen molar-refractivity contribution in [3.8, 4) is 0 Å². The summed E-state index contributed by atoms with van der Waals surface area (Å²) in [6, 6.07) is 0. The lowest BCUT2D eigenvalue weighted by Gasteiger charge is -2.04. The van der Waals surface area contributed by atoms with E-state index in [1.165, 1.54) is 31.8 Å². The highest BCUT2D eigenvalue weighted by Gasteiger charge is 1.95. The molecule has 0 saturated heterocycles. The molecule has 0 spiro atoms. The molecule has 0 N–H and O–H groups in total. The molecular formula is C14H26O3. The van der Waals surface area contributed by atoms with Crippen LogP contribution in [0.5, 0.6) is 0 Å². The minimum atomic E-state index is -0.346. The molecule has 0 aliphatic rings. The summed E-state index contributed by atoms with van der Waals surface area (Å²) in [5.74, 6) is -0.346. The van der Waals surface area contributed by atoms with Gasteiger partial charge in [0.15, 0.2) is 0 Å². The normalized spacial score (nSPS) is 10.2. The topological polar surface area (TPSA) is 35.5 Å². The number of carbonyl (C=O) groups excluding carboxylic acids is 1. The van der Waals surface area contributed by atoms with Gasteiger partial charge in [-0.15, -0.1) is 0 Å². The zero-order chi connectivity index (χ0) is 12.8. The van der Waals surface area contributed by atoms with Gasteiger partial charge in [0, 0.05) is 19.3 Å². The van der Waals surface area contributed by atoms with E-state index in [1.54, 1.807) is 0 Å². The molecule has 0 aliphatic heterocycles. The lowest BCUT2D eigenvalue weighted by atomic mass is 10.2. The van der Waals surface area contributed by atoms with E-state index in [0.29, 0.717) is 6.61 Å². The maximum atomic E-state index is 10.7. The highest BCUT2D eigenvalue weighted by atomic mass is 16.5. The van der Waals surface area contributed by atoms with Crippen LogP contribution >= 0.6 is 0 Å². The summed E-state index contributed by atoms with van der Waals surface area (Å²) in [4.78, 5) is 10.7. The Bertz CT molecular complexity index is 190. The van der Waals surface area contributed by atoms with Gasteiger partial charge >= 0.3 is 5.97 Å². The number of ether oxygens (including phenoxy) is 2. The quantitative estimate of drug-likeness (QED) is 0.298. The smallest absolute Gasteiger partial charge is 0.330 e. The van der Waals surface area contributed by atoms with Crippen LogP contribution in [0.15, 0.2) is 12.7 Å². The van der Waals surface area contributed by atoms with Crippen LogP contribution in [-0.4, -0.2) is 25.8 Å². The number of hydrogen-bond acceptors (Lipinski definition) is 3. The molecule has 0 aromatic heterocycles. The molecule has 0 amide bonds. The number of esters is 1. The van der Waals surface area contributed by atoms with Crippen LogP contribution in [0.4, 0.5) is 0 Å². The van der Waals surface area contributed by atoms with Gasteiger partial charge in [-0.05, 0) is 19.3 Å². The van der Waals surface area contributed by atoms with Crippen LogP contribution in [0.3, 0.4) is 0 Å². The maximum absolute atomic E-state index is 10.7. The van der Waals surface area contributed by atoms with E-state index in [-0.39, 0.29) is 5.97 Å². The summed E-state index contributed by atoms with van der Waals surface area (Å²) < 4.78 is 10.3. The molecule has 3 heteroatoms. The first-order valence-electron chi connectivity index (χ1n) is 6.68. The zero-order valence-corrected chi connectivity index (χ0v) is 11.1. The van der Waals surface area contributed by atoms with E-state index in [4.69, 9.17) is 9.47 Å². The van der Waals surface area contributed by atoms with Crippen molar-refractivity contribution in [1.82, 2.24) is 0 Å². The van der Waals surface area contributed by atoms with Crippen molar-refractivity contribution >= 4 is 5.97 Å². The Morgan fingerprint density at radius 2 is 1.59 bits per heavy atom. The van der Waals surface area contributed by atoms with Crippen LogP contribution in [0.2, 0.25) is 0 Å². The maximum Gasteiger partial charge on any atom is 0.330 e. The van der Waals surface area contributed by atoms with Gasteiger partial charge in [0.2, 0.25) is 0 Å². The molecule has 0 radical (unpaired) electrons. The van der Waals surface area contributed by atoms with Crippen molar-refractivity contribution in [2.24, 2.45) is 0 Å². The van der Waals surface area contributed by atoms with Crippen LogP contribution in [-0.2, 0) is 14.3 Å². The van der Waals surface area contributed by atoms with Gasteiger partial charge in [-0.2, -0.15) is 0 Å². The SMILES string of the molecule is C=CC(=O)OCCCCOCCCCCCC. The van der Waals surface area contributed by atoms with Crippen molar-refractivity contribution in [2.75, 3.05) is 19.8 Å². The molecule has 0 heterocycles. The number of carbonyl (C=O) groups is 1. The molecule has 0 aromatic carbocycles. The molecule has 0 bridgehead atoms. The largest absolute Gasteiger partial charge is 0.463 e. The fourth-order valence-electron chi connectivity index (χ4n) is 1.45. The van der Waals surface area contributed by atoms with E-state index in [1.807, 2.05) is 0 Å².